The van der Waals surface area contributed by atoms with Crippen LogP contribution < -0.4 is 0 Å². The van der Waals surface area contributed by atoms with Crippen molar-refractivity contribution in [2.24, 2.45) is 17.8 Å². The molecule has 7 atom stereocenters. The smallest absolute Gasteiger partial charge is 0.411 e. The second-order valence-electron chi connectivity index (χ2n) is 11.4. The minimum atomic E-state index is -5.97. The summed E-state index contributed by atoms with van der Waals surface area (Å²) >= 11 is 0. The summed E-state index contributed by atoms with van der Waals surface area (Å²) in [5.74, 6) is -4.42. The minimum absolute atomic E-state index is 0.152. The van der Waals surface area contributed by atoms with Gasteiger partial charge in [-0.15, -0.1) is 0 Å². The third-order valence-corrected chi connectivity index (χ3v) is 8.16. The Morgan fingerprint density at radius 3 is 2.37 bits per heavy atom. The number of esters is 2. The molecule has 2 aliphatic heterocycles. The van der Waals surface area contributed by atoms with Crippen molar-refractivity contribution in [3.63, 3.8) is 0 Å². The van der Waals surface area contributed by atoms with Gasteiger partial charge >= 0.3 is 23.3 Å². The molecule has 4 aliphatic rings. The maximum absolute atomic E-state index is 13.4. The summed E-state index contributed by atoms with van der Waals surface area (Å²) in [6, 6.07) is -0.805. The van der Waals surface area contributed by atoms with Crippen LogP contribution in [0, 0.1) is 17.8 Å². The number of halogens is 2. The fourth-order valence-corrected chi connectivity index (χ4v) is 5.90. The molecule has 0 radical (unpaired) electrons. The van der Waals surface area contributed by atoms with Crippen molar-refractivity contribution in [1.29, 1.82) is 0 Å². The van der Waals surface area contributed by atoms with Gasteiger partial charge in [0.05, 0.1) is 18.1 Å². The predicted molar refractivity (Wildman–Crippen MR) is 120 cm³/mol. The summed E-state index contributed by atoms with van der Waals surface area (Å²) < 4.78 is 86.1. The number of hydrogen-bond donors (Lipinski definition) is 0. The third-order valence-electron chi connectivity index (χ3n) is 7.31. The Bertz CT molecular complexity index is 1080. The Hall–Kier alpha value is -2.10. The van der Waals surface area contributed by atoms with E-state index in [0.717, 1.165) is 0 Å². The van der Waals surface area contributed by atoms with E-state index >= 15 is 0 Å². The van der Waals surface area contributed by atoms with Gasteiger partial charge in [0.15, 0.2) is 16.7 Å². The molecule has 1 amide bonds. The number of carbonyl (C=O) groups excluding carboxylic acids is 3. The lowest BCUT2D eigenvalue weighted by atomic mass is 9.85. The van der Waals surface area contributed by atoms with E-state index < -0.39 is 81.5 Å². The van der Waals surface area contributed by atoms with Crippen LogP contribution in [0.1, 0.15) is 53.4 Å². The van der Waals surface area contributed by atoms with Crippen molar-refractivity contribution in [2.45, 2.75) is 88.3 Å². The van der Waals surface area contributed by atoms with Crippen LogP contribution in [0.25, 0.3) is 0 Å². The summed E-state index contributed by atoms with van der Waals surface area (Å²) in [7, 11) is -5.97. The summed E-state index contributed by atoms with van der Waals surface area (Å²) in [5.41, 5.74) is -0.719. The monoisotopic (exact) mass is 568 g/mol. The van der Waals surface area contributed by atoms with E-state index in [1.165, 1.54) is 4.90 Å². The zero-order chi connectivity index (χ0) is 28.3. The fraction of sp³-hybridized carbons (Fsp3) is 0.870. The average molecular weight is 569 g/mol. The van der Waals surface area contributed by atoms with Crippen LogP contribution in [0.5, 0.6) is 0 Å². The van der Waals surface area contributed by atoms with Crippen LogP contribution in [-0.2, 0) is 43.4 Å². The molecule has 2 bridgehead atoms. The second kappa shape index (κ2) is 9.82. The van der Waals surface area contributed by atoms with Crippen LogP contribution in [0.15, 0.2) is 0 Å². The number of hydrogen-bond acceptors (Lipinski definition) is 11. The van der Waals surface area contributed by atoms with Crippen molar-refractivity contribution in [2.75, 3.05) is 19.8 Å². The molecule has 0 aromatic rings. The number of amides is 1. The first kappa shape index (κ1) is 28.9. The van der Waals surface area contributed by atoms with Crippen LogP contribution in [0.3, 0.4) is 0 Å². The minimum Gasteiger partial charge on any atom is -0.743 e. The molecule has 0 spiro atoms. The predicted octanol–water partition coefficient (Wildman–Crippen LogP) is 1.77. The van der Waals surface area contributed by atoms with Crippen LogP contribution in [0.2, 0.25) is 0 Å². The van der Waals surface area contributed by atoms with E-state index in [4.69, 9.17) is 18.9 Å². The number of carbonyl (C=O) groups is 3. The van der Waals surface area contributed by atoms with Crippen molar-refractivity contribution in [3.8, 4) is 0 Å². The van der Waals surface area contributed by atoms with Crippen LogP contribution >= 0.6 is 0 Å². The Labute approximate surface area is 219 Å². The molecule has 15 heteroatoms. The molecule has 2 aliphatic carbocycles. The van der Waals surface area contributed by atoms with E-state index in [2.05, 4.69) is 4.74 Å². The molecule has 216 valence electrons. The molecule has 2 saturated heterocycles. The van der Waals surface area contributed by atoms with Crippen molar-refractivity contribution >= 4 is 28.1 Å². The molecule has 2 saturated carbocycles. The number of fused-ring (bicyclic) bond motifs is 5. The standard InChI is InChI=1S/C23H33F2NO11S/c1-21(2,3)37-20(29)26-7-5-6-15(26)19(28)33-10-22(4)35-16-12-8-13(17(16)36-22)14(9-12)18(27)34-11-23(24,25)38(30,31)32/h12-17H,5-11H2,1-4H3,(H,30,31,32)/p-1. The summed E-state index contributed by atoms with van der Waals surface area (Å²) in [5, 5.41) is -4.73. The Balaban J connectivity index is 1.31. The van der Waals surface area contributed by atoms with Gasteiger partial charge < -0.3 is 28.2 Å². The number of ether oxygens (including phenoxy) is 5. The van der Waals surface area contributed by atoms with Gasteiger partial charge in [0.2, 0.25) is 5.79 Å². The van der Waals surface area contributed by atoms with Gasteiger partial charge in [-0.05, 0) is 59.3 Å². The van der Waals surface area contributed by atoms with Gasteiger partial charge in [0.25, 0.3) is 0 Å². The molecule has 0 N–H and O–H groups in total. The van der Waals surface area contributed by atoms with Crippen molar-refractivity contribution < 1.29 is 59.8 Å². The SMILES string of the molecule is CC(C)(C)OC(=O)N1CCCC1C(=O)OCC1(C)OC2C3CC(C(=O)OCC(F)(F)S(=O)(=O)[O-])C(C3)C2O1. The lowest BCUT2D eigenvalue weighted by Crippen LogP contribution is -2.45. The van der Waals surface area contributed by atoms with Crippen LogP contribution in [-0.4, -0.2) is 90.6 Å². The largest absolute Gasteiger partial charge is 0.743 e. The van der Waals surface area contributed by atoms with E-state index in [0.29, 0.717) is 25.8 Å². The van der Waals surface area contributed by atoms with Crippen LogP contribution in [0.4, 0.5) is 13.6 Å². The summed E-state index contributed by atoms with van der Waals surface area (Å²) in [4.78, 5) is 39.0. The highest BCUT2D eigenvalue weighted by Gasteiger charge is 2.63. The Morgan fingerprint density at radius 2 is 1.74 bits per heavy atom. The van der Waals surface area contributed by atoms with Crippen molar-refractivity contribution in [1.82, 2.24) is 4.90 Å². The molecule has 4 fully saturated rings. The molecule has 0 aromatic carbocycles. The molecule has 38 heavy (non-hydrogen) atoms. The first-order chi connectivity index (χ1) is 17.4. The number of rotatable bonds is 7. The topological polar surface area (TPSA) is 158 Å². The molecular weight excluding hydrogens is 536 g/mol. The lowest BCUT2D eigenvalue weighted by molar-refractivity contribution is -0.209. The maximum Gasteiger partial charge on any atom is 0.411 e. The average Bonchev–Trinajstić information content (AvgIpc) is 3.54. The van der Waals surface area contributed by atoms with Crippen molar-refractivity contribution in [3.05, 3.63) is 0 Å². The summed E-state index contributed by atoms with van der Waals surface area (Å²) in [6.07, 6.45) is 0.180. The van der Waals surface area contributed by atoms with Gasteiger partial charge in [0.1, 0.15) is 18.2 Å². The van der Waals surface area contributed by atoms with E-state index in [-0.39, 0.29) is 18.9 Å². The lowest BCUT2D eigenvalue weighted by Gasteiger charge is -2.29. The molecule has 0 aromatic heterocycles. The molecular formula is C23H32F2NO11S-. The molecule has 4 rings (SSSR count). The third kappa shape index (κ3) is 5.75. The number of nitrogens with zero attached hydrogens (tertiary/aromatic N) is 1. The summed E-state index contributed by atoms with van der Waals surface area (Å²) in [6.45, 7) is 4.98. The number of alkyl halides is 2. The highest BCUT2D eigenvalue weighted by molar-refractivity contribution is 7.86. The Morgan fingerprint density at radius 1 is 1.08 bits per heavy atom. The second-order valence-corrected chi connectivity index (χ2v) is 12.9. The molecule has 12 nitrogen and oxygen atoms in total. The fourth-order valence-electron chi connectivity index (χ4n) is 5.70. The van der Waals surface area contributed by atoms with E-state index in [1.54, 1.807) is 27.7 Å². The van der Waals surface area contributed by atoms with Gasteiger partial charge in [-0.25, -0.2) is 18.0 Å². The molecule has 2 heterocycles. The van der Waals surface area contributed by atoms with Gasteiger partial charge in [-0.3, -0.25) is 9.69 Å². The number of likely N-dealkylation sites (tertiary alicyclic amines) is 1. The van der Waals surface area contributed by atoms with E-state index in [9.17, 15) is 36.1 Å². The highest BCUT2D eigenvalue weighted by Crippen LogP contribution is 2.56. The van der Waals surface area contributed by atoms with E-state index in [1.807, 2.05) is 0 Å². The quantitative estimate of drug-likeness (QED) is 0.250. The zero-order valence-corrected chi connectivity index (χ0v) is 22.3. The first-order valence-corrected chi connectivity index (χ1v) is 13.8. The molecule has 7 unspecified atom stereocenters. The Kier molecular flexibility index (Phi) is 7.47. The normalized spacial score (nSPS) is 34.8. The van der Waals surface area contributed by atoms with Gasteiger partial charge in [-0.2, -0.15) is 8.78 Å². The first-order valence-electron chi connectivity index (χ1n) is 12.4. The van der Waals surface area contributed by atoms with Gasteiger partial charge in [0, 0.05) is 12.5 Å². The zero-order valence-electron chi connectivity index (χ0n) is 21.5. The maximum atomic E-state index is 13.4. The van der Waals surface area contributed by atoms with Gasteiger partial charge in [-0.1, -0.05) is 0 Å². The highest BCUT2D eigenvalue weighted by atomic mass is 32.2.